The average Bonchev–Trinajstić information content (AvgIpc) is 2.34. The number of carbonyl (C=O) groups excluding carboxylic acids is 1. The van der Waals surface area contributed by atoms with Crippen LogP contribution in [0.3, 0.4) is 0 Å². The predicted octanol–water partition coefficient (Wildman–Crippen LogP) is 0.247. The molecule has 1 unspecified atom stereocenters. The number of aliphatic hydroxyl groups excluding tert-OH is 1. The molecule has 100 valence electrons. The van der Waals surface area contributed by atoms with Crippen LogP contribution in [-0.4, -0.2) is 20.8 Å². The standard InChI is InChI=1S/C11H11N2O5P/c12-6-9(10(13)14)5-7-1-3-8(4-2-7)11(15)19(16,17)18/h1-5,11,15H,(H2,13,14)(H2,16,17,18)/b9-5-. The summed E-state index contributed by atoms with van der Waals surface area (Å²) in [4.78, 5) is 28.5. The minimum atomic E-state index is -4.63. The summed E-state index contributed by atoms with van der Waals surface area (Å²) < 4.78 is 10.9. The van der Waals surface area contributed by atoms with Crippen LogP contribution in [0.25, 0.3) is 6.08 Å². The molecule has 0 spiro atoms. The zero-order chi connectivity index (χ0) is 14.6. The van der Waals surface area contributed by atoms with Gasteiger partial charge in [-0.25, -0.2) is 0 Å². The Bertz CT molecular complexity index is 597. The van der Waals surface area contributed by atoms with Crippen molar-refractivity contribution >= 4 is 19.6 Å². The van der Waals surface area contributed by atoms with Crippen LogP contribution in [0.1, 0.15) is 17.0 Å². The molecule has 1 amide bonds. The van der Waals surface area contributed by atoms with Crippen LogP contribution in [0.2, 0.25) is 0 Å². The molecule has 0 aliphatic heterocycles. The molecular weight excluding hydrogens is 271 g/mol. The monoisotopic (exact) mass is 282 g/mol. The van der Waals surface area contributed by atoms with Gasteiger partial charge in [0.1, 0.15) is 11.6 Å². The fraction of sp³-hybridized carbons (Fsp3) is 0.0909. The number of nitriles is 1. The normalized spacial score (nSPS) is 13.7. The Morgan fingerprint density at radius 1 is 1.37 bits per heavy atom. The largest absolute Gasteiger partial charge is 0.376 e. The van der Waals surface area contributed by atoms with Crippen LogP contribution < -0.4 is 5.73 Å². The van der Waals surface area contributed by atoms with Gasteiger partial charge in [-0.2, -0.15) is 5.26 Å². The van der Waals surface area contributed by atoms with E-state index in [0.29, 0.717) is 5.56 Å². The maximum atomic E-state index is 10.9. The van der Waals surface area contributed by atoms with E-state index in [1.807, 2.05) is 0 Å². The zero-order valence-corrected chi connectivity index (χ0v) is 10.5. The van der Waals surface area contributed by atoms with Crippen molar-refractivity contribution in [3.8, 4) is 6.07 Å². The van der Waals surface area contributed by atoms with Crippen LogP contribution in [0.4, 0.5) is 0 Å². The number of benzene rings is 1. The van der Waals surface area contributed by atoms with Crippen molar-refractivity contribution in [3.63, 3.8) is 0 Å². The number of hydrogen-bond donors (Lipinski definition) is 4. The molecule has 0 radical (unpaired) electrons. The highest BCUT2D eigenvalue weighted by Crippen LogP contribution is 2.49. The summed E-state index contributed by atoms with van der Waals surface area (Å²) in [6.45, 7) is 0. The van der Waals surface area contributed by atoms with E-state index < -0.39 is 19.3 Å². The quantitative estimate of drug-likeness (QED) is 0.354. The Morgan fingerprint density at radius 3 is 2.26 bits per heavy atom. The second kappa shape index (κ2) is 5.78. The maximum Gasteiger partial charge on any atom is 0.358 e. The van der Waals surface area contributed by atoms with Gasteiger partial charge in [0.2, 0.25) is 0 Å². The topological polar surface area (TPSA) is 145 Å². The minimum Gasteiger partial charge on any atom is -0.376 e. The van der Waals surface area contributed by atoms with E-state index in [-0.39, 0.29) is 11.1 Å². The maximum absolute atomic E-state index is 10.9. The summed E-state index contributed by atoms with van der Waals surface area (Å²) in [7, 11) is -4.63. The number of amides is 1. The smallest absolute Gasteiger partial charge is 0.358 e. The van der Waals surface area contributed by atoms with Crippen molar-refractivity contribution in [2.24, 2.45) is 5.73 Å². The molecule has 5 N–H and O–H groups in total. The van der Waals surface area contributed by atoms with Gasteiger partial charge < -0.3 is 20.6 Å². The Labute approximate surface area is 108 Å². The van der Waals surface area contributed by atoms with Gasteiger partial charge in [-0.1, -0.05) is 24.3 Å². The molecule has 8 heteroatoms. The predicted molar refractivity (Wildman–Crippen MR) is 66.2 cm³/mol. The lowest BCUT2D eigenvalue weighted by molar-refractivity contribution is -0.114. The van der Waals surface area contributed by atoms with Gasteiger partial charge >= 0.3 is 7.60 Å². The van der Waals surface area contributed by atoms with Crippen molar-refractivity contribution < 1.29 is 24.3 Å². The van der Waals surface area contributed by atoms with E-state index in [9.17, 15) is 14.5 Å². The molecule has 19 heavy (non-hydrogen) atoms. The summed E-state index contributed by atoms with van der Waals surface area (Å²) in [6, 6.07) is 6.99. The molecule has 7 nitrogen and oxygen atoms in total. The van der Waals surface area contributed by atoms with E-state index >= 15 is 0 Å². The molecule has 0 saturated heterocycles. The van der Waals surface area contributed by atoms with E-state index in [1.54, 1.807) is 6.07 Å². The summed E-state index contributed by atoms with van der Waals surface area (Å²) in [5.41, 5.74) is 5.18. The Morgan fingerprint density at radius 2 is 1.89 bits per heavy atom. The fourth-order valence-corrected chi connectivity index (χ4v) is 1.84. The highest BCUT2D eigenvalue weighted by atomic mass is 31.2. The van der Waals surface area contributed by atoms with Gasteiger partial charge in [0.05, 0.1) is 0 Å². The lowest BCUT2D eigenvalue weighted by Gasteiger charge is -2.12. The van der Waals surface area contributed by atoms with Gasteiger partial charge in [-0.15, -0.1) is 0 Å². The molecule has 0 heterocycles. The first-order valence-corrected chi connectivity index (χ1v) is 6.68. The third-order valence-corrected chi connectivity index (χ3v) is 3.19. The summed E-state index contributed by atoms with van der Waals surface area (Å²) in [6.07, 6.45) is 1.23. The van der Waals surface area contributed by atoms with E-state index in [4.69, 9.17) is 20.8 Å². The SMILES string of the molecule is N#C/C(=C/c1ccc(C(O)P(=O)(O)O)cc1)C(N)=O. The number of carbonyl (C=O) groups is 1. The third kappa shape index (κ3) is 4.02. The first-order valence-electron chi connectivity index (χ1n) is 5.00. The number of aliphatic hydroxyl groups is 1. The molecule has 0 aromatic heterocycles. The van der Waals surface area contributed by atoms with Crippen LogP contribution in [-0.2, 0) is 9.36 Å². The molecule has 1 aromatic carbocycles. The second-order valence-corrected chi connectivity index (χ2v) is 5.33. The highest BCUT2D eigenvalue weighted by molar-refractivity contribution is 7.51. The summed E-state index contributed by atoms with van der Waals surface area (Å²) >= 11 is 0. The second-order valence-electron chi connectivity index (χ2n) is 3.66. The van der Waals surface area contributed by atoms with Gasteiger partial charge in [0, 0.05) is 0 Å². The minimum absolute atomic E-state index is 0.0306. The Hall–Kier alpha value is -1.97. The lowest BCUT2D eigenvalue weighted by atomic mass is 10.1. The van der Waals surface area contributed by atoms with Crippen molar-refractivity contribution in [3.05, 3.63) is 41.0 Å². The molecule has 1 aromatic rings. The number of nitrogens with zero attached hydrogens (tertiary/aromatic N) is 1. The Kier molecular flexibility index (Phi) is 4.59. The molecular formula is C11H11N2O5P. The lowest BCUT2D eigenvalue weighted by Crippen LogP contribution is -2.12. The van der Waals surface area contributed by atoms with Crippen molar-refractivity contribution in [1.82, 2.24) is 0 Å². The molecule has 1 rings (SSSR count). The summed E-state index contributed by atoms with van der Waals surface area (Å²) in [5.74, 6) is -2.78. The molecule has 0 aliphatic rings. The number of hydrogen-bond acceptors (Lipinski definition) is 4. The first-order chi connectivity index (χ1) is 8.75. The van der Waals surface area contributed by atoms with E-state index in [2.05, 4.69) is 0 Å². The van der Waals surface area contributed by atoms with Gasteiger partial charge in [0.15, 0.2) is 5.85 Å². The van der Waals surface area contributed by atoms with Crippen LogP contribution in [0.15, 0.2) is 29.8 Å². The van der Waals surface area contributed by atoms with Crippen LogP contribution in [0, 0.1) is 11.3 Å². The van der Waals surface area contributed by atoms with Gasteiger partial charge in [0.25, 0.3) is 5.91 Å². The van der Waals surface area contributed by atoms with Crippen molar-refractivity contribution in [2.75, 3.05) is 0 Å². The highest BCUT2D eigenvalue weighted by Gasteiger charge is 2.27. The van der Waals surface area contributed by atoms with E-state index in [0.717, 1.165) is 0 Å². The van der Waals surface area contributed by atoms with Gasteiger partial charge in [-0.3, -0.25) is 9.36 Å². The van der Waals surface area contributed by atoms with Gasteiger partial charge in [-0.05, 0) is 17.2 Å². The van der Waals surface area contributed by atoms with Crippen molar-refractivity contribution in [1.29, 1.82) is 5.26 Å². The van der Waals surface area contributed by atoms with Crippen LogP contribution >= 0.6 is 7.60 Å². The number of rotatable bonds is 4. The third-order valence-electron chi connectivity index (χ3n) is 2.25. The first kappa shape index (κ1) is 15.1. The Balaban J connectivity index is 3.05. The number of primary amides is 1. The number of nitrogens with two attached hydrogens (primary N) is 1. The molecule has 0 fully saturated rings. The average molecular weight is 282 g/mol. The van der Waals surface area contributed by atoms with Crippen molar-refractivity contribution in [2.45, 2.75) is 5.85 Å². The fourth-order valence-electron chi connectivity index (χ4n) is 1.28. The van der Waals surface area contributed by atoms with Crippen LogP contribution in [0.5, 0.6) is 0 Å². The summed E-state index contributed by atoms with van der Waals surface area (Å²) in [5, 5.41) is 18.0. The van der Waals surface area contributed by atoms with E-state index in [1.165, 1.54) is 30.3 Å². The molecule has 0 bridgehead atoms. The zero-order valence-electron chi connectivity index (χ0n) is 9.59. The molecule has 0 saturated carbocycles. The molecule has 1 atom stereocenters. The molecule has 0 aliphatic carbocycles.